The number of nitrogens with zero attached hydrogens (tertiary/aromatic N) is 4. The van der Waals surface area contributed by atoms with Gasteiger partial charge in [-0.05, 0) is 75.0 Å². The molecule has 2 unspecified atom stereocenters. The van der Waals surface area contributed by atoms with Gasteiger partial charge in [0.1, 0.15) is 30.0 Å². The molecule has 8 nitrogen and oxygen atoms in total. The van der Waals surface area contributed by atoms with Gasteiger partial charge < -0.3 is 19.1 Å². The first-order valence-electron chi connectivity index (χ1n) is 14.0. The van der Waals surface area contributed by atoms with E-state index < -0.39 is 23.1 Å². The van der Waals surface area contributed by atoms with Crippen molar-refractivity contribution in [1.82, 2.24) is 19.8 Å². The van der Waals surface area contributed by atoms with E-state index in [2.05, 4.69) is 30.8 Å². The summed E-state index contributed by atoms with van der Waals surface area (Å²) < 4.78 is 47.9. The summed E-state index contributed by atoms with van der Waals surface area (Å²) in [6.07, 6.45) is 3.69. The summed E-state index contributed by atoms with van der Waals surface area (Å²) in [6, 6.07) is 1.53. The molecule has 0 radical (unpaired) electrons. The SMILES string of the molecule is CC(C)(C)OC(=O)N1C2CCC1CC(Oc1nc(OC[C@@]34CCCN3C[C@H](F)C4)nc3c(F)c(Br)c(Cl)cc13)C2. The van der Waals surface area contributed by atoms with Gasteiger partial charge in [-0.3, -0.25) is 4.90 Å². The molecule has 1 amide bonds. The number of halogens is 4. The molecule has 40 heavy (non-hydrogen) atoms. The average Bonchev–Trinajstić information content (AvgIpc) is 3.48. The Morgan fingerprint density at radius 1 is 1.25 bits per heavy atom. The third kappa shape index (κ3) is 5.22. The fourth-order valence-corrected chi connectivity index (χ4v) is 7.42. The lowest BCUT2D eigenvalue weighted by molar-refractivity contribution is -0.00750. The maximum absolute atomic E-state index is 15.4. The lowest BCUT2D eigenvalue weighted by Gasteiger charge is -2.39. The third-order valence-corrected chi connectivity index (χ3v) is 9.88. The van der Waals surface area contributed by atoms with Crippen LogP contribution in [0.15, 0.2) is 10.5 Å². The molecule has 2 bridgehead atoms. The van der Waals surface area contributed by atoms with Crippen LogP contribution in [-0.4, -0.2) is 81.1 Å². The zero-order valence-corrected chi connectivity index (χ0v) is 25.2. The highest BCUT2D eigenvalue weighted by Gasteiger charge is 2.50. The van der Waals surface area contributed by atoms with Gasteiger partial charge in [-0.1, -0.05) is 11.6 Å². The number of hydrogen-bond donors (Lipinski definition) is 0. The van der Waals surface area contributed by atoms with Crippen molar-refractivity contribution in [3.63, 3.8) is 0 Å². The highest BCUT2D eigenvalue weighted by atomic mass is 79.9. The zero-order valence-electron chi connectivity index (χ0n) is 22.9. The van der Waals surface area contributed by atoms with Gasteiger partial charge in [0.25, 0.3) is 0 Å². The minimum atomic E-state index is -0.891. The number of aromatic nitrogens is 2. The molecule has 1 aromatic heterocycles. The van der Waals surface area contributed by atoms with Crippen LogP contribution in [0.5, 0.6) is 11.9 Å². The van der Waals surface area contributed by atoms with Gasteiger partial charge in [0.2, 0.25) is 5.88 Å². The fourth-order valence-electron chi connectivity index (χ4n) is 6.92. The maximum Gasteiger partial charge on any atom is 0.410 e. The van der Waals surface area contributed by atoms with Crippen LogP contribution in [0.1, 0.15) is 65.7 Å². The van der Waals surface area contributed by atoms with Crippen molar-refractivity contribution >= 4 is 44.5 Å². The topological polar surface area (TPSA) is 77.0 Å². The van der Waals surface area contributed by atoms with Crippen LogP contribution < -0.4 is 9.47 Å². The highest BCUT2D eigenvalue weighted by molar-refractivity contribution is 9.10. The van der Waals surface area contributed by atoms with Crippen LogP contribution in [0.2, 0.25) is 5.02 Å². The Balaban J connectivity index is 1.26. The van der Waals surface area contributed by atoms with Crippen LogP contribution in [0.4, 0.5) is 13.6 Å². The summed E-state index contributed by atoms with van der Waals surface area (Å²) in [7, 11) is 0. The van der Waals surface area contributed by atoms with E-state index in [4.69, 9.17) is 25.8 Å². The minimum Gasteiger partial charge on any atom is -0.474 e. The normalized spacial score (nSPS) is 30.1. The number of benzene rings is 1. The summed E-state index contributed by atoms with van der Waals surface area (Å²) >= 11 is 9.50. The number of piperidine rings is 1. The van der Waals surface area contributed by atoms with Crippen LogP contribution in [0.25, 0.3) is 10.9 Å². The van der Waals surface area contributed by atoms with E-state index in [-0.39, 0.29) is 57.8 Å². The number of carbonyl (C=O) groups excluding carboxylic acids is 1. The Kier molecular flexibility index (Phi) is 7.31. The van der Waals surface area contributed by atoms with Crippen LogP contribution in [0.3, 0.4) is 0 Å². The smallest absolute Gasteiger partial charge is 0.410 e. The number of hydrogen-bond acceptors (Lipinski definition) is 7. The molecule has 0 spiro atoms. The molecule has 5 heterocycles. The first-order chi connectivity index (χ1) is 18.9. The lowest BCUT2D eigenvalue weighted by Crippen LogP contribution is -2.50. The quantitative estimate of drug-likeness (QED) is 0.347. The second-order valence-corrected chi connectivity index (χ2v) is 13.7. The van der Waals surface area contributed by atoms with Gasteiger partial charge >= 0.3 is 12.1 Å². The van der Waals surface area contributed by atoms with E-state index in [0.717, 1.165) is 32.2 Å². The van der Waals surface area contributed by atoms with Gasteiger partial charge in [0.15, 0.2) is 5.82 Å². The molecule has 1 aromatic carbocycles. The molecule has 4 saturated heterocycles. The molecule has 4 aliphatic rings. The summed E-state index contributed by atoms with van der Waals surface area (Å²) in [4.78, 5) is 25.8. The van der Waals surface area contributed by atoms with Crippen molar-refractivity contribution in [3.8, 4) is 11.9 Å². The molecule has 4 aliphatic heterocycles. The van der Waals surface area contributed by atoms with Gasteiger partial charge in [-0.25, -0.2) is 13.6 Å². The fraction of sp³-hybridized carbons (Fsp3) is 0.679. The molecule has 0 N–H and O–H groups in total. The van der Waals surface area contributed by atoms with E-state index >= 15 is 4.39 Å². The molecule has 4 atom stereocenters. The summed E-state index contributed by atoms with van der Waals surface area (Å²) in [6.45, 7) is 7.03. The molecule has 12 heteroatoms. The molecular formula is C28H34BrClF2N4O4. The van der Waals surface area contributed by atoms with Crippen LogP contribution >= 0.6 is 27.5 Å². The predicted octanol–water partition coefficient (Wildman–Crippen LogP) is 6.45. The van der Waals surface area contributed by atoms with Gasteiger partial charge in [0.05, 0.1) is 20.4 Å². The largest absolute Gasteiger partial charge is 0.474 e. The minimum absolute atomic E-state index is 0.0136. The Labute approximate surface area is 245 Å². The van der Waals surface area contributed by atoms with Crippen LogP contribution in [-0.2, 0) is 4.74 Å². The summed E-state index contributed by atoms with van der Waals surface area (Å²) in [5.74, 6) is -0.455. The standard InChI is InChI=1S/C28H34BrClF2N4O4/c1-27(2,3)40-26(37)36-16-5-6-17(36)10-18(9-16)39-24-19-11-20(30)21(29)22(32)23(19)33-25(34-24)38-14-28-7-4-8-35(28)13-15(31)12-28/h11,15-18H,4-10,12-14H2,1-3H3/t15-,16?,17?,18?,28+/m1/s1. The Bertz CT molecular complexity index is 1320. The number of fused-ring (bicyclic) bond motifs is 4. The zero-order chi connectivity index (χ0) is 28.4. The first kappa shape index (κ1) is 28.2. The number of amides is 1. The van der Waals surface area contributed by atoms with Crippen molar-refractivity contribution in [2.75, 3.05) is 19.7 Å². The average molecular weight is 644 g/mol. The number of ether oxygens (including phenoxy) is 3. The molecule has 0 aliphatic carbocycles. The monoisotopic (exact) mass is 642 g/mol. The molecule has 2 aromatic rings. The van der Waals surface area contributed by atoms with Gasteiger partial charge in [-0.15, -0.1) is 0 Å². The number of carbonyl (C=O) groups is 1. The number of alkyl halides is 1. The summed E-state index contributed by atoms with van der Waals surface area (Å²) in [5, 5.41) is 0.512. The van der Waals surface area contributed by atoms with E-state index in [0.29, 0.717) is 31.2 Å². The van der Waals surface area contributed by atoms with Gasteiger partial charge in [-0.2, -0.15) is 9.97 Å². The molecule has 4 fully saturated rings. The van der Waals surface area contributed by atoms with E-state index in [1.807, 2.05) is 25.7 Å². The Hall–Kier alpha value is -1.98. The second-order valence-electron chi connectivity index (χ2n) is 12.5. The van der Waals surface area contributed by atoms with Crippen molar-refractivity contribution in [3.05, 3.63) is 21.4 Å². The Morgan fingerprint density at radius 2 is 1.98 bits per heavy atom. The predicted molar refractivity (Wildman–Crippen MR) is 149 cm³/mol. The Morgan fingerprint density at radius 3 is 2.67 bits per heavy atom. The molecular weight excluding hydrogens is 610 g/mol. The molecule has 218 valence electrons. The van der Waals surface area contributed by atoms with E-state index in [1.165, 1.54) is 0 Å². The van der Waals surface area contributed by atoms with Crippen molar-refractivity contribution < 1.29 is 27.8 Å². The highest BCUT2D eigenvalue weighted by Crippen LogP contribution is 2.42. The lowest BCUT2D eigenvalue weighted by atomic mass is 9.95. The van der Waals surface area contributed by atoms with Gasteiger partial charge in [0, 0.05) is 37.9 Å². The van der Waals surface area contributed by atoms with E-state index in [1.54, 1.807) is 6.07 Å². The second kappa shape index (κ2) is 10.4. The van der Waals surface area contributed by atoms with Crippen LogP contribution in [0, 0.1) is 5.82 Å². The molecule has 0 saturated carbocycles. The number of rotatable bonds is 5. The summed E-state index contributed by atoms with van der Waals surface area (Å²) in [5.41, 5.74) is -0.941. The molecule has 6 rings (SSSR count). The van der Waals surface area contributed by atoms with Crippen molar-refractivity contribution in [2.45, 2.75) is 101 Å². The van der Waals surface area contributed by atoms with E-state index in [9.17, 15) is 9.18 Å². The van der Waals surface area contributed by atoms with Crippen molar-refractivity contribution in [2.24, 2.45) is 0 Å². The maximum atomic E-state index is 15.4. The van der Waals surface area contributed by atoms with Crippen molar-refractivity contribution in [1.29, 1.82) is 0 Å². The third-order valence-electron chi connectivity index (χ3n) is 8.57. The first-order valence-corrected chi connectivity index (χ1v) is 15.1.